The van der Waals surface area contributed by atoms with Crippen molar-refractivity contribution in [3.8, 4) is 5.75 Å². The van der Waals surface area contributed by atoms with Crippen LogP contribution in [0, 0.1) is 5.92 Å². The zero-order chi connectivity index (χ0) is 15.1. The zero-order valence-electron chi connectivity index (χ0n) is 13.4. The molecule has 1 aromatic carbocycles. The molecule has 0 spiro atoms. The molecule has 1 rings (SSSR count). The van der Waals surface area contributed by atoms with Crippen LogP contribution in [0.15, 0.2) is 22.7 Å². The molecule has 114 valence electrons. The average molecular weight is 342 g/mol. The van der Waals surface area contributed by atoms with Crippen molar-refractivity contribution < 1.29 is 4.74 Å². The summed E-state index contributed by atoms with van der Waals surface area (Å²) < 4.78 is 7.09. The molecule has 0 fully saturated rings. The first-order valence-electron chi connectivity index (χ1n) is 7.63. The second-order valence-electron chi connectivity index (χ2n) is 5.92. The Balaban J connectivity index is 2.67. The van der Waals surface area contributed by atoms with Crippen molar-refractivity contribution >= 4 is 15.9 Å². The summed E-state index contributed by atoms with van der Waals surface area (Å²) in [5.74, 6) is 1.60. The van der Waals surface area contributed by atoms with E-state index in [9.17, 15) is 0 Å². The van der Waals surface area contributed by atoms with Gasteiger partial charge in [-0.15, -0.1) is 0 Å². The molecule has 0 bridgehead atoms. The molecule has 20 heavy (non-hydrogen) atoms. The van der Waals surface area contributed by atoms with Crippen molar-refractivity contribution in [2.45, 2.75) is 59.6 Å². The van der Waals surface area contributed by atoms with Gasteiger partial charge in [-0.25, -0.2) is 0 Å². The fourth-order valence-corrected chi connectivity index (χ4v) is 3.05. The van der Waals surface area contributed by atoms with Gasteiger partial charge in [0.15, 0.2) is 0 Å². The number of hydrogen-bond acceptors (Lipinski definition) is 2. The van der Waals surface area contributed by atoms with Crippen LogP contribution >= 0.6 is 15.9 Å². The molecule has 2 atom stereocenters. The van der Waals surface area contributed by atoms with Crippen LogP contribution in [0.1, 0.15) is 59.1 Å². The van der Waals surface area contributed by atoms with E-state index in [1.165, 1.54) is 5.56 Å². The van der Waals surface area contributed by atoms with Crippen LogP contribution in [0.2, 0.25) is 0 Å². The molecule has 0 heterocycles. The largest absolute Gasteiger partial charge is 0.491 e. The summed E-state index contributed by atoms with van der Waals surface area (Å²) in [4.78, 5) is 0. The second kappa shape index (κ2) is 8.68. The quantitative estimate of drug-likeness (QED) is 0.690. The molecule has 2 unspecified atom stereocenters. The predicted octanol–water partition coefficient (Wildman–Crippen LogP) is 5.32. The molecule has 0 aromatic heterocycles. The Morgan fingerprint density at radius 2 is 1.90 bits per heavy atom. The molecule has 0 saturated heterocycles. The van der Waals surface area contributed by atoms with Gasteiger partial charge in [0, 0.05) is 10.5 Å². The first kappa shape index (κ1) is 17.5. The van der Waals surface area contributed by atoms with Crippen molar-refractivity contribution in [2.75, 3.05) is 6.54 Å². The third-order valence-corrected chi connectivity index (χ3v) is 3.97. The number of nitrogens with one attached hydrogen (secondary N) is 1. The number of benzene rings is 1. The SMILES string of the molecule is CCCNC(C)c1ccc(OC(C)CC(C)C)cc1Br. The van der Waals surface area contributed by atoms with Crippen molar-refractivity contribution in [2.24, 2.45) is 5.92 Å². The maximum absolute atomic E-state index is 5.97. The minimum atomic E-state index is 0.253. The van der Waals surface area contributed by atoms with Crippen molar-refractivity contribution in [3.63, 3.8) is 0 Å². The van der Waals surface area contributed by atoms with E-state index in [1.54, 1.807) is 0 Å². The third-order valence-electron chi connectivity index (χ3n) is 3.28. The Morgan fingerprint density at radius 1 is 1.20 bits per heavy atom. The molecule has 1 N–H and O–H groups in total. The molecule has 1 aromatic rings. The summed E-state index contributed by atoms with van der Waals surface area (Å²) in [7, 11) is 0. The first-order chi connectivity index (χ1) is 9.43. The number of halogens is 1. The molecular weight excluding hydrogens is 314 g/mol. The summed E-state index contributed by atoms with van der Waals surface area (Å²) in [6.07, 6.45) is 2.48. The van der Waals surface area contributed by atoms with Gasteiger partial charge in [-0.2, -0.15) is 0 Å². The normalized spacial score (nSPS) is 14.3. The van der Waals surface area contributed by atoms with Crippen LogP contribution in [0.4, 0.5) is 0 Å². The highest BCUT2D eigenvalue weighted by Gasteiger charge is 2.11. The molecule has 3 heteroatoms. The Morgan fingerprint density at radius 3 is 2.45 bits per heavy atom. The van der Waals surface area contributed by atoms with Gasteiger partial charge in [0.05, 0.1) is 6.10 Å². The highest BCUT2D eigenvalue weighted by Crippen LogP contribution is 2.28. The summed E-state index contributed by atoms with van der Waals surface area (Å²) in [5, 5.41) is 3.50. The molecule has 2 nitrogen and oxygen atoms in total. The third kappa shape index (κ3) is 5.84. The topological polar surface area (TPSA) is 21.3 Å². The average Bonchev–Trinajstić information content (AvgIpc) is 2.35. The summed E-state index contributed by atoms with van der Waals surface area (Å²) in [5.41, 5.74) is 1.28. The van der Waals surface area contributed by atoms with E-state index in [1.807, 2.05) is 0 Å². The molecule has 0 aliphatic carbocycles. The van der Waals surface area contributed by atoms with Gasteiger partial charge in [-0.1, -0.05) is 42.8 Å². The van der Waals surface area contributed by atoms with E-state index in [0.29, 0.717) is 12.0 Å². The van der Waals surface area contributed by atoms with E-state index in [2.05, 4.69) is 74.1 Å². The second-order valence-corrected chi connectivity index (χ2v) is 6.77. The minimum absolute atomic E-state index is 0.253. The minimum Gasteiger partial charge on any atom is -0.491 e. The Labute approximate surface area is 132 Å². The van der Waals surface area contributed by atoms with Crippen LogP contribution < -0.4 is 10.1 Å². The van der Waals surface area contributed by atoms with Gasteiger partial charge >= 0.3 is 0 Å². The Hall–Kier alpha value is -0.540. The number of rotatable bonds is 8. The van der Waals surface area contributed by atoms with E-state index in [-0.39, 0.29) is 6.10 Å². The fraction of sp³-hybridized carbons (Fsp3) is 0.647. The van der Waals surface area contributed by atoms with E-state index < -0.39 is 0 Å². The van der Waals surface area contributed by atoms with Gasteiger partial charge < -0.3 is 10.1 Å². The Bertz CT molecular complexity index is 406. The van der Waals surface area contributed by atoms with Gasteiger partial charge in [0.1, 0.15) is 5.75 Å². The molecule has 0 amide bonds. The van der Waals surface area contributed by atoms with Crippen molar-refractivity contribution in [3.05, 3.63) is 28.2 Å². The zero-order valence-corrected chi connectivity index (χ0v) is 15.0. The van der Waals surface area contributed by atoms with Crippen LogP contribution in [0.5, 0.6) is 5.75 Å². The summed E-state index contributed by atoms with van der Waals surface area (Å²) in [6, 6.07) is 6.65. The Kier molecular flexibility index (Phi) is 7.60. The molecule has 0 aliphatic rings. The lowest BCUT2D eigenvalue weighted by Crippen LogP contribution is -2.19. The fourth-order valence-electron chi connectivity index (χ4n) is 2.35. The summed E-state index contributed by atoms with van der Waals surface area (Å²) in [6.45, 7) is 12.0. The van der Waals surface area contributed by atoms with Crippen LogP contribution in [-0.2, 0) is 0 Å². The van der Waals surface area contributed by atoms with Crippen LogP contribution in [-0.4, -0.2) is 12.6 Å². The highest BCUT2D eigenvalue weighted by molar-refractivity contribution is 9.10. The molecule has 0 aliphatic heterocycles. The lowest BCUT2D eigenvalue weighted by atomic mass is 10.1. The molecule has 0 radical (unpaired) electrons. The van der Waals surface area contributed by atoms with Gasteiger partial charge in [-0.3, -0.25) is 0 Å². The lowest BCUT2D eigenvalue weighted by molar-refractivity contribution is 0.193. The maximum atomic E-state index is 5.97. The van der Waals surface area contributed by atoms with Crippen molar-refractivity contribution in [1.29, 1.82) is 0 Å². The van der Waals surface area contributed by atoms with Crippen LogP contribution in [0.3, 0.4) is 0 Å². The van der Waals surface area contributed by atoms with Gasteiger partial charge in [0.2, 0.25) is 0 Å². The van der Waals surface area contributed by atoms with Gasteiger partial charge in [0.25, 0.3) is 0 Å². The van der Waals surface area contributed by atoms with Crippen molar-refractivity contribution in [1.82, 2.24) is 5.32 Å². The lowest BCUT2D eigenvalue weighted by Gasteiger charge is -2.19. The van der Waals surface area contributed by atoms with Gasteiger partial charge in [-0.05, 0) is 56.8 Å². The van der Waals surface area contributed by atoms with Crippen LogP contribution in [0.25, 0.3) is 0 Å². The summed E-state index contributed by atoms with van der Waals surface area (Å²) >= 11 is 3.66. The number of hydrogen-bond donors (Lipinski definition) is 1. The predicted molar refractivity (Wildman–Crippen MR) is 90.4 cm³/mol. The van der Waals surface area contributed by atoms with E-state index >= 15 is 0 Å². The molecular formula is C17H28BrNO. The number of ether oxygens (including phenoxy) is 1. The van der Waals surface area contributed by atoms with E-state index in [4.69, 9.17) is 4.74 Å². The van der Waals surface area contributed by atoms with E-state index in [0.717, 1.165) is 29.6 Å². The molecule has 0 saturated carbocycles. The monoisotopic (exact) mass is 341 g/mol. The maximum Gasteiger partial charge on any atom is 0.120 e. The standard InChI is InChI=1S/C17H28BrNO/c1-6-9-19-14(5)16-8-7-15(11-17(16)18)20-13(4)10-12(2)3/h7-8,11-14,19H,6,9-10H2,1-5H3. The highest BCUT2D eigenvalue weighted by atomic mass is 79.9. The first-order valence-corrected chi connectivity index (χ1v) is 8.42. The smallest absolute Gasteiger partial charge is 0.120 e.